The Balaban J connectivity index is 2.12. The fourth-order valence-corrected chi connectivity index (χ4v) is 2.40. The highest BCUT2D eigenvalue weighted by molar-refractivity contribution is 5.85. The Morgan fingerprint density at radius 2 is 2.21 bits per heavy atom. The van der Waals surface area contributed by atoms with Crippen LogP contribution < -0.4 is 11.1 Å². The van der Waals surface area contributed by atoms with Crippen molar-refractivity contribution in [1.29, 1.82) is 0 Å². The van der Waals surface area contributed by atoms with E-state index in [2.05, 4.69) is 17.1 Å². The molecule has 0 aliphatic carbocycles. The third-order valence-corrected chi connectivity index (χ3v) is 3.59. The molecule has 1 heterocycles. The van der Waals surface area contributed by atoms with Gasteiger partial charge in [0, 0.05) is 19.1 Å². The van der Waals surface area contributed by atoms with Crippen LogP contribution in [0, 0.1) is 0 Å². The van der Waals surface area contributed by atoms with Crippen LogP contribution in [-0.2, 0) is 9.59 Å². The third kappa shape index (κ3) is 6.02. The van der Waals surface area contributed by atoms with Crippen molar-refractivity contribution in [2.24, 2.45) is 5.73 Å². The van der Waals surface area contributed by atoms with E-state index in [1.54, 1.807) is 0 Å². The maximum absolute atomic E-state index is 11.5. The van der Waals surface area contributed by atoms with Gasteiger partial charge in [0.1, 0.15) is 0 Å². The van der Waals surface area contributed by atoms with Crippen LogP contribution in [0.5, 0.6) is 0 Å². The lowest BCUT2D eigenvalue weighted by molar-refractivity contribution is -0.139. The lowest BCUT2D eigenvalue weighted by atomic mass is 10.0. The number of carbonyl (C=O) groups is 2. The molecule has 6 nitrogen and oxygen atoms in total. The van der Waals surface area contributed by atoms with Crippen molar-refractivity contribution < 1.29 is 14.7 Å². The number of rotatable bonds is 7. The second-order valence-electron chi connectivity index (χ2n) is 5.23. The van der Waals surface area contributed by atoms with E-state index in [0.717, 1.165) is 19.5 Å². The second-order valence-corrected chi connectivity index (χ2v) is 5.23. The number of hydrogen-bond acceptors (Lipinski definition) is 4. The Morgan fingerprint density at radius 3 is 2.84 bits per heavy atom. The van der Waals surface area contributed by atoms with Crippen LogP contribution in [0.2, 0.25) is 0 Å². The molecule has 6 heteroatoms. The first kappa shape index (κ1) is 15.9. The van der Waals surface area contributed by atoms with Crippen molar-refractivity contribution in [3.05, 3.63) is 0 Å². The molecule has 2 unspecified atom stereocenters. The molecule has 1 aliphatic heterocycles. The molecule has 1 aliphatic rings. The lowest BCUT2D eigenvalue weighted by Crippen LogP contribution is -2.43. The minimum atomic E-state index is -1.05. The number of hydrogen-bond donors (Lipinski definition) is 3. The molecule has 1 fully saturated rings. The molecule has 0 saturated carbocycles. The molecule has 0 bridgehead atoms. The summed E-state index contributed by atoms with van der Waals surface area (Å²) in [6, 6.07) is -0.329. The summed E-state index contributed by atoms with van der Waals surface area (Å²) in [6.45, 7) is 4.89. The SMILES string of the molecule is CC1CCCCN1CCCNC(=O)C(N)CC(=O)O. The first-order valence-electron chi connectivity index (χ1n) is 7.00. The van der Waals surface area contributed by atoms with Gasteiger partial charge in [0.15, 0.2) is 0 Å². The van der Waals surface area contributed by atoms with Gasteiger partial charge in [-0.25, -0.2) is 0 Å². The fraction of sp³-hybridized carbons (Fsp3) is 0.846. The molecule has 1 rings (SSSR count). The highest BCUT2D eigenvalue weighted by Crippen LogP contribution is 2.15. The highest BCUT2D eigenvalue weighted by Gasteiger charge is 2.18. The largest absolute Gasteiger partial charge is 0.481 e. The zero-order chi connectivity index (χ0) is 14.3. The average molecular weight is 271 g/mol. The van der Waals surface area contributed by atoms with Gasteiger partial charge in [-0.05, 0) is 32.7 Å². The Kier molecular flexibility index (Phi) is 6.80. The smallest absolute Gasteiger partial charge is 0.305 e. The van der Waals surface area contributed by atoms with Gasteiger partial charge in [-0.2, -0.15) is 0 Å². The van der Waals surface area contributed by atoms with Crippen molar-refractivity contribution in [2.75, 3.05) is 19.6 Å². The van der Waals surface area contributed by atoms with Crippen LogP contribution >= 0.6 is 0 Å². The maximum atomic E-state index is 11.5. The number of nitrogens with zero attached hydrogens (tertiary/aromatic N) is 1. The van der Waals surface area contributed by atoms with Crippen LogP contribution in [0.3, 0.4) is 0 Å². The zero-order valence-corrected chi connectivity index (χ0v) is 11.6. The maximum Gasteiger partial charge on any atom is 0.305 e. The van der Waals surface area contributed by atoms with E-state index >= 15 is 0 Å². The van der Waals surface area contributed by atoms with Gasteiger partial charge >= 0.3 is 5.97 Å². The van der Waals surface area contributed by atoms with E-state index in [9.17, 15) is 9.59 Å². The van der Waals surface area contributed by atoms with E-state index in [-0.39, 0.29) is 12.3 Å². The quantitative estimate of drug-likeness (QED) is 0.574. The number of nitrogens with one attached hydrogen (secondary N) is 1. The molecule has 19 heavy (non-hydrogen) atoms. The predicted octanol–water partition coefficient (Wildman–Crippen LogP) is 0.169. The lowest BCUT2D eigenvalue weighted by Gasteiger charge is -2.33. The number of amides is 1. The molecule has 0 aromatic heterocycles. The number of likely N-dealkylation sites (tertiary alicyclic amines) is 1. The first-order chi connectivity index (χ1) is 9.00. The van der Waals surface area contributed by atoms with Crippen molar-refractivity contribution in [3.63, 3.8) is 0 Å². The Bertz CT molecular complexity index is 310. The molecule has 1 amide bonds. The van der Waals surface area contributed by atoms with Gasteiger partial charge in [-0.1, -0.05) is 6.42 Å². The molecule has 110 valence electrons. The fourth-order valence-electron chi connectivity index (χ4n) is 2.40. The van der Waals surface area contributed by atoms with E-state index in [1.807, 2.05) is 0 Å². The van der Waals surface area contributed by atoms with Crippen LogP contribution in [0.25, 0.3) is 0 Å². The summed E-state index contributed by atoms with van der Waals surface area (Å²) in [5.41, 5.74) is 5.46. The van der Waals surface area contributed by atoms with Gasteiger partial charge in [0.2, 0.25) is 5.91 Å². The van der Waals surface area contributed by atoms with E-state index in [1.165, 1.54) is 19.3 Å². The second kappa shape index (κ2) is 8.12. The number of carboxylic acids is 1. The normalized spacial score (nSPS) is 21.9. The molecule has 0 radical (unpaired) electrons. The van der Waals surface area contributed by atoms with Gasteiger partial charge in [-0.15, -0.1) is 0 Å². The molecule has 1 saturated heterocycles. The highest BCUT2D eigenvalue weighted by atomic mass is 16.4. The van der Waals surface area contributed by atoms with E-state index in [0.29, 0.717) is 12.6 Å². The van der Waals surface area contributed by atoms with E-state index in [4.69, 9.17) is 10.8 Å². The molecule has 2 atom stereocenters. The predicted molar refractivity (Wildman–Crippen MR) is 72.7 cm³/mol. The molecular weight excluding hydrogens is 246 g/mol. The number of carbonyl (C=O) groups excluding carboxylic acids is 1. The number of nitrogens with two attached hydrogens (primary N) is 1. The average Bonchev–Trinajstić information content (AvgIpc) is 2.35. The number of aliphatic carboxylic acids is 1. The first-order valence-corrected chi connectivity index (χ1v) is 7.00. The summed E-state index contributed by atoms with van der Waals surface area (Å²) in [7, 11) is 0. The zero-order valence-electron chi connectivity index (χ0n) is 11.6. The molecule has 0 aromatic carbocycles. The molecular formula is C13H25N3O3. The van der Waals surface area contributed by atoms with Gasteiger partial charge < -0.3 is 21.1 Å². The van der Waals surface area contributed by atoms with Gasteiger partial charge in [-0.3, -0.25) is 9.59 Å². The Hall–Kier alpha value is -1.14. The Morgan fingerprint density at radius 1 is 1.47 bits per heavy atom. The summed E-state index contributed by atoms with van der Waals surface area (Å²) >= 11 is 0. The van der Waals surface area contributed by atoms with Crippen LogP contribution in [-0.4, -0.2) is 53.6 Å². The van der Waals surface area contributed by atoms with Crippen LogP contribution in [0.15, 0.2) is 0 Å². The van der Waals surface area contributed by atoms with Crippen molar-refractivity contribution >= 4 is 11.9 Å². The monoisotopic (exact) mass is 271 g/mol. The topological polar surface area (TPSA) is 95.7 Å². The van der Waals surface area contributed by atoms with Crippen LogP contribution in [0.4, 0.5) is 0 Å². The van der Waals surface area contributed by atoms with Crippen molar-refractivity contribution in [3.8, 4) is 0 Å². The summed E-state index contributed by atoms with van der Waals surface area (Å²) in [5.74, 6) is -1.43. The van der Waals surface area contributed by atoms with E-state index < -0.39 is 12.0 Å². The summed E-state index contributed by atoms with van der Waals surface area (Å²) < 4.78 is 0. The minimum absolute atomic E-state index is 0.324. The van der Waals surface area contributed by atoms with Gasteiger partial charge in [0.05, 0.1) is 12.5 Å². The summed E-state index contributed by atoms with van der Waals surface area (Å²) in [6.07, 6.45) is 4.35. The van der Waals surface area contributed by atoms with Gasteiger partial charge in [0.25, 0.3) is 0 Å². The Labute approximate surface area is 114 Å². The number of piperidine rings is 1. The number of carboxylic acid groups (broad SMARTS) is 1. The van der Waals surface area contributed by atoms with Crippen LogP contribution in [0.1, 0.15) is 39.0 Å². The van der Waals surface area contributed by atoms with Crippen molar-refractivity contribution in [2.45, 2.75) is 51.1 Å². The summed E-state index contributed by atoms with van der Waals surface area (Å²) in [4.78, 5) is 24.3. The standard InChI is InChI=1S/C13H25N3O3/c1-10-5-2-3-7-16(10)8-4-6-15-13(19)11(14)9-12(17)18/h10-11H,2-9,14H2,1H3,(H,15,19)(H,17,18). The van der Waals surface area contributed by atoms with Crippen molar-refractivity contribution in [1.82, 2.24) is 10.2 Å². The summed E-state index contributed by atoms with van der Waals surface area (Å²) in [5, 5.41) is 11.2. The molecule has 0 spiro atoms. The molecule has 4 N–H and O–H groups in total. The minimum Gasteiger partial charge on any atom is -0.481 e. The molecule has 0 aromatic rings. The third-order valence-electron chi connectivity index (χ3n) is 3.59.